The lowest BCUT2D eigenvalue weighted by atomic mass is 10.3. The van der Waals surface area contributed by atoms with Gasteiger partial charge in [-0.05, 0) is 31.2 Å². The van der Waals surface area contributed by atoms with Crippen molar-refractivity contribution in [1.82, 2.24) is 0 Å². The molecule has 0 saturated carbocycles. The number of halogens is 1. The van der Waals surface area contributed by atoms with Crippen molar-refractivity contribution in [3.63, 3.8) is 0 Å². The van der Waals surface area contributed by atoms with E-state index in [2.05, 4.69) is 21.1 Å². The Bertz CT molecular complexity index is 232. The molecule has 0 N–H and O–H groups in total. The average molecular weight is 215 g/mol. The van der Waals surface area contributed by atoms with E-state index in [1.54, 1.807) is 12.1 Å². The summed E-state index contributed by atoms with van der Waals surface area (Å²) in [4.78, 5) is 2.14. The van der Waals surface area contributed by atoms with E-state index in [1.807, 2.05) is 13.8 Å². The van der Waals surface area contributed by atoms with Crippen LogP contribution in [0.5, 0.6) is 0 Å². The van der Waals surface area contributed by atoms with Crippen molar-refractivity contribution >= 4 is 14.9 Å². The molecule has 1 atom stereocenters. The summed E-state index contributed by atoms with van der Waals surface area (Å²) in [6.45, 7) is 7.02. The summed E-state index contributed by atoms with van der Waals surface area (Å²) in [5.41, 5.74) is 1.06. The Morgan fingerprint density at radius 1 is 1.21 bits per heavy atom. The lowest BCUT2D eigenvalue weighted by Gasteiger charge is -2.20. The Balaban J connectivity index is 0.000000791. The van der Waals surface area contributed by atoms with Crippen LogP contribution in [-0.2, 0) is 0 Å². The van der Waals surface area contributed by atoms with Gasteiger partial charge in [-0.3, -0.25) is 0 Å². The van der Waals surface area contributed by atoms with Crippen LogP contribution in [0.4, 0.5) is 10.1 Å². The number of rotatable bonds is 3. The van der Waals surface area contributed by atoms with E-state index >= 15 is 0 Å². The molecule has 80 valence electrons. The molecule has 0 aromatic heterocycles. The third-order valence-corrected chi connectivity index (χ3v) is 2.23. The van der Waals surface area contributed by atoms with E-state index in [0.29, 0.717) is 0 Å². The Hall–Kier alpha value is -0.620. The zero-order valence-electron chi connectivity index (χ0n) is 9.13. The predicted octanol–water partition coefficient (Wildman–Crippen LogP) is 3.51. The molecule has 0 saturated heterocycles. The van der Waals surface area contributed by atoms with Crippen molar-refractivity contribution in [3.05, 3.63) is 30.1 Å². The summed E-state index contributed by atoms with van der Waals surface area (Å²) < 4.78 is 12.5. The fraction of sp³-hybridized carbons (Fsp3) is 0.455. The Morgan fingerprint density at radius 2 is 1.71 bits per heavy atom. The number of anilines is 1. The van der Waals surface area contributed by atoms with E-state index in [-0.39, 0.29) is 5.82 Å². The van der Waals surface area contributed by atoms with Crippen LogP contribution in [0, 0.1) is 5.82 Å². The number of nitrogens with zero attached hydrogens (tertiary/aromatic N) is 1. The summed E-state index contributed by atoms with van der Waals surface area (Å²) in [6, 6.07) is 6.56. The maximum Gasteiger partial charge on any atom is 0.123 e. The molecule has 0 heterocycles. The van der Waals surface area contributed by atoms with E-state index in [9.17, 15) is 4.39 Å². The Morgan fingerprint density at radius 3 is 2.07 bits per heavy atom. The second-order valence-electron chi connectivity index (χ2n) is 2.52. The van der Waals surface area contributed by atoms with Crippen LogP contribution in [0.15, 0.2) is 24.3 Å². The summed E-state index contributed by atoms with van der Waals surface area (Å²) >= 11 is 0. The molecule has 0 aliphatic carbocycles. The van der Waals surface area contributed by atoms with E-state index in [4.69, 9.17) is 0 Å². The van der Waals surface area contributed by atoms with Crippen LogP contribution < -0.4 is 4.90 Å². The highest BCUT2D eigenvalue weighted by molar-refractivity contribution is 7.16. The standard InChI is InChI=1S/C9H13FNP.C2H6/c1-2-11(7-12)9-5-3-8(10)4-6-9;1-2/h3-6H,2,7,12H2,1H3;1-2H3. The first-order valence-corrected chi connectivity index (χ1v) is 5.80. The van der Waals surface area contributed by atoms with Crippen molar-refractivity contribution in [1.29, 1.82) is 0 Å². The molecular weight excluding hydrogens is 196 g/mol. The van der Waals surface area contributed by atoms with Crippen LogP contribution in [-0.4, -0.2) is 12.8 Å². The predicted molar refractivity (Wildman–Crippen MR) is 65.3 cm³/mol. The highest BCUT2D eigenvalue weighted by atomic mass is 31.0. The fourth-order valence-corrected chi connectivity index (χ4v) is 1.54. The second-order valence-corrected chi connectivity index (χ2v) is 2.88. The van der Waals surface area contributed by atoms with E-state index in [1.165, 1.54) is 12.1 Å². The van der Waals surface area contributed by atoms with Gasteiger partial charge in [0.25, 0.3) is 0 Å². The normalized spacial score (nSPS) is 8.93. The third-order valence-electron chi connectivity index (χ3n) is 1.79. The lowest BCUT2D eigenvalue weighted by molar-refractivity contribution is 0.627. The molecule has 1 rings (SSSR count). The first-order valence-electron chi connectivity index (χ1n) is 4.98. The third kappa shape index (κ3) is 4.06. The van der Waals surface area contributed by atoms with Crippen LogP contribution in [0.1, 0.15) is 20.8 Å². The quantitative estimate of drug-likeness (QED) is 0.697. The monoisotopic (exact) mass is 215 g/mol. The first-order chi connectivity index (χ1) is 6.77. The minimum Gasteiger partial charge on any atom is -0.368 e. The molecule has 0 radical (unpaired) electrons. The van der Waals surface area contributed by atoms with Gasteiger partial charge in [0, 0.05) is 18.5 Å². The van der Waals surface area contributed by atoms with Crippen molar-refractivity contribution in [2.75, 3.05) is 17.7 Å². The van der Waals surface area contributed by atoms with Gasteiger partial charge in [0.2, 0.25) is 0 Å². The molecule has 3 heteroatoms. The molecule has 0 bridgehead atoms. The summed E-state index contributed by atoms with van der Waals surface area (Å²) in [5, 5.41) is 0. The van der Waals surface area contributed by atoms with Crippen molar-refractivity contribution in [3.8, 4) is 0 Å². The van der Waals surface area contributed by atoms with Crippen molar-refractivity contribution < 1.29 is 4.39 Å². The molecular formula is C11H19FNP. The van der Waals surface area contributed by atoms with Crippen molar-refractivity contribution in [2.45, 2.75) is 20.8 Å². The molecule has 1 aromatic carbocycles. The van der Waals surface area contributed by atoms with Gasteiger partial charge in [0.05, 0.1) is 0 Å². The van der Waals surface area contributed by atoms with Crippen LogP contribution in [0.3, 0.4) is 0 Å². The van der Waals surface area contributed by atoms with Gasteiger partial charge in [0.1, 0.15) is 5.82 Å². The van der Waals surface area contributed by atoms with Crippen LogP contribution >= 0.6 is 9.24 Å². The maximum atomic E-state index is 12.5. The number of hydrogen-bond donors (Lipinski definition) is 0. The molecule has 14 heavy (non-hydrogen) atoms. The molecule has 1 nitrogen and oxygen atoms in total. The van der Waals surface area contributed by atoms with Gasteiger partial charge in [-0.25, -0.2) is 4.39 Å². The molecule has 1 unspecified atom stereocenters. The highest BCUT2D eigenvalue weighted by Gasteiger charge is 1.99. The van der Waals surface area contributed by atoms with Crippen LogP contribution in [0.25, 0.3) is 0 Å². The molecule has 0 aliphatic heterocycles. The van der Waals surface area contributed by atoms with Crippen LogP contribution in [0.2, 0.25) is 0 Å². The minimum absolute atomic E-state index is 0.182. The SMILES string of the molecule is CC.CCN(CP)c1ccc(F)cc1. The maximum absolute atomic E-state index is 12.5. The smallest absolute Gasteiger partial charge is 0.123 e. The number of benzene rings is 1. The van der Waals surface area contributed by atoms with Gasteiger partial charge in [0.15, 0.2) is 0 Å². The minimum atomic E-state index is -0.182. The lowest BCUT2D eigenvalue weighted by Crippen LogP contribution is -2.19. The van der Waals surface area contributed by atoms with E-state index < -0.39 is 0 Å². The van der Waals surface area contributed by atoms with Gasteiger partial charge in [-0.15, -0.1) is 9.24 Å². The summed E-state index contributed by atoms with van der Waals surface area (Å²) in [6.07, 6.45) is 0.877. The van der Waals surface area contributed by atoms with Gasteiger partial charge >= 0.3 is 0 Å². The molecule has 0 amide bonds. The molecule has 1 aromatic rings. The zero-order valence-corrected chi connectivity index (χ0v) is 10.3. The molecule has 0 fully saturated rings. The average Bonchev–Trinajstić information content (AvgIpc) is 2.25. The van der Waals surface area contributed by atoms with Gasteiger partial charge in [-0.1, -0.05) is 13.8 Å². The zero-order chi connectivity index (χ0) is 11.0. The Labute approximate surface area is 88.5 Å². The molecule has 0 aliphatic rings. The summed E-state index contributed by atoms with van der Waals surface area (Å²) in [7, 11) is 2.66. The van der Waals surface area contributed by atoms with E-state index in [0.717, 1.165) is 18.5 Å². The number of hydrogen-bond acceptors (Lipinski definition) is 1. The first kappa shape index (κ1) is 13.4. The van der Waals surface area contributed by atoms with Gasteiger partial charge in [-0.2, -0.15) is 0 Å². The Kier molecular flexibility index (Phi) is 7.41. The largest absolute Gasteiger partial charge is 0.368 e. The second kappa shape index (κ2) is 7.75. The topological polar surface area (TPSA) is 3.24 Å². The van der Waals surface area contributed by atoms with Gasteiger partial charge < -0.3 is 4.90 Å². The molecule has 0 spiro atoms. The highest BCUT2D eigenvalue weighted by Crippen LogP contribution is 2.15. The van der Waals surface area contributed by atoms with Crippen molar-refractivity contribution in [2.24, 2.45) is 0 Å². The summed E-state index contributed by atoms with van der Waals surface area (Å²) in [5.74, 6) is -0.182. The fourth-order valence-electron chi connectivity index (χ4n) is 1.07.